The van der Waals surface area contributed by atoms with Crippen LogP contribution in [0.15, 0.2) is 0 Å². The van der Waals surface area contributed by atoms with E-state index in [1.54, 1.807) is 6.92 Å². The predicted molar refractivity (Wildman–Crippen MR) is 54.9 cm³/mol. The number of hydrogen-bond acceptors (Lipinski definition) is 1. The Hall–Kier alpha value is -0.240. The Bertz CT molecular complexity index is 182. The molecule has 1 amide bonds. The zero-order chi connectivity index (χ0) is 9.84. The Morgan fingerprint density at radius 3 is 2.77 bits per heavy atom. The van der Waals surface area contributed by atoms with Gasteiger partial charge in [-0.05, 0) is 25.7 Å². The summed E-state index contributed by atoms with van der Waals surface area (Å²) in [6, 6.07) is 0.359. The molecule has 1 fully saturated rings. The van der Waals surface area contributed by atoms with Crippen molar-refractivity contribution in [3.05, 3.63) is 0 Å². The third kappa shape index (κ3) is 3.55. The normalized spacial score (nSPS) is 31.0. The number of nitrogens with one attached hydrogen (secondary N) is 1. The molecule has 3 atom stereocenters. The molecular formula is C10H18ClNO. The Labute approximate surface area is 85.0 Å². The van der Waals surface area contributed by atoms with Crippen molar-refractivity contribution in [1.29, 1.82) is 0 Å². The molecule has 1 N–H and O–H groups in total. The fourth-order valence-corrected chi connectivity index (χ4v) is 1.94. The minimum Gasteiger partial charge on any atom is -0.352 e. The first-order valence-corrected chi connectivity index (χ1v) is 5.47. The van der Waals surface area contributed by atoms with Crippen LogP contribution in [0.25, 0.3) is 0 Å². The lowest BCUT2D eigenvalue weighted by Crippen LogP contribution is -2.41. The minimum atomic E-state index is -0.405. The van der Waals surface area contributed by atoms with Gasteiger partial charge in [-0.15, -0.1) is 11.6 Å². The summed E-state index contributed by atoms with van der Waals surface area (Å²) in [6.45, 7) is 3.95. The molecule has 1 aliphatic rings. The minimum absolute atomic E-state index is 0.0271. The van der Waals surface area contributed by atoms with Crippen molar-refractivity contribution in [2.75, 3.05) is 0 Å². The van der Waals surface area contributed by atoms with Gasteiger partial charge in [-0.25, -0.2) is 0 Å². The average molecular weight is 204 g/mol. The SMILES string of the molecule is CC1CCCC(NC(=O)C(C)Cl)C1. The molecule has 1 rings (SSSR count). The molecule has 0 bridgehead atoms. The summed E-state index contributed by atoms with van der Waals surface area (Å²) in [6.07, 6.45) is 4.74. The molecule has 2 nitrogen and oxygen atoms in total. The molecule has 3 heteroatoms. The number of hydrogen-bond donors (Lipinski definition) is 1. The molecular weight excluding hydrogens is 186 g/mol. The highest BCUT2D eigenvalue weighted by molar-refractivity contribution is 6.30. The number of carbonyl (C=O) groups is 1. The van der Waals surface area contributed by atoms with Crippen molar-refractivity contribution in [3.63, 3.8) is 0 Å². The largest absolute Gasteiger partial charge is 0.352 e. The first-order valence-electron chi connectivity index (χ1n) is 5.04. The average Bonchev–Trinajstić information content (AvgIpc) is 2.04. The van der Waals surface area contributed by atoms with Gasteiger partial charge in [-0.2, -0.15) is 0 Å². The van der Waals surface area contributed by atoms with Crippen LogP contribution in [0.1, 0.15) is 39.5 Å². The van der Waals surface area contributed by atoms with E-state index in [4.69, 9.17) is 11.6 Å². The van der Waals surface area contributed by atoms with Gasteiger partial charge < -0.3 is 5.32 Å². The summed E-state index contributed by atoms with van der Waals surface area (Å²) < 4.78 is 0. The third-order valence-corrected chi connectivity index (χ3v) is 2.84. The second-order valence-corrected chi connectivity index (χ2v) is 4.75. The first kappa shape index (κ1) is 10.8. The van der Waals surface area contributed by atoms with Crippen molar-refractivity contribution in [1.82, 2.24) is 5.32 Å². The summed E-state index contributed by atoms with van der Waals surface area (Å²) in [4.78, 5) is 11.3. The lowest BCUT2D eigenvalue weighted by Gasteiger charge is -2.27. The van der Waals surface area contributed by atoms with E-state index in [9.17, 15) is 4.79 Å². The summed E-state index contributed by atoms with van der Waals surface area (Å²) in [5.41, 5.74) is 0. The zero-order valence-corrected chi connectivity index (χ0v) is 9.10. The molecule has 76 valence electrons. The molecule has 0 saturated heterocycles. The molecule has 0 heterocycles. The highest BCUT2D eigenvalue weighted by Gasteiger charge is 2.21. The van der Waals surface area contributed by atoms with E-state index < -0.39 is 5.38 Å². The second kappa shape index (κ2) is 4.85. The first-order chi connectivity index (χ1) is 6.09. The molecule has 13 heavy (non-hydrogen) atoms. The van der Waals surface area contributed by atoms with Gasteiger partial charge in [0.15, 0.2) is 0 Å². The summed E-state index contributed by atoms with van der Waals surface area (Å²) in [7, 11) is 0. The monoisotopic (exact) mass is 203 g/mol. The maximum absolute atomic E-state index is 11.3. The zero-order valence-electron chi connectivity index (χ0n) is 8.35. The molecule has 0 aromatic rings. The van der Waals surface area contributed by atoms with Gasteiger partial charge in [0.1, 0.15) is 5.38 Å². The highest BCUT2D eigenvalue weighted by Crippen LogP contribution is 2.23. The lowest BCUT2D eigenvalue weighted by atomic mass is 9.87. The lowest BCUT2D eigenvalue weighted by molar-refractivity contribution is -0.121. The maximum atomic E-state index is 11.3. The van der Waals surface area contributed by atoms with Crippen molar-refractivity contribution in [2.24, 2.45) is 5.92 Å². The summed E-state index contributed by atoms with van der Waals surface area (Å²) >= 11 is 5.67. The summed E-state index contributed by atoms with van der Waals surface area (Å²) in [5, 5.41) is 2.57. The van der Waals surface area contributed by atoms with Gasteiger partial charge in [0.25, 0.3) is 0 Å². The van der Waals surface area contributed by atoms with Gasteiger partial charge in [0.2, 0.25) is 5.91 Å². The molecule has 0 aromatic heterocycles. The van der Waals surface area contributed by atoms with Crippen molar-refractivity contribution < 1.29 is 4.79 Å². The number of rotatable bonds is 2. The Balaban J connectivity index is 2.31. The number of alkyl halides is 1. The quantitative estimate of drug-likeness (QED) is 0.686. The van der Waals surface area contributed by atoms with Crippen LogP contribution in [0.5, 0.6) is 0 Å². The van der Waals surface area contributed by atoms with Crippen LogP contribution >= 0.6 is 11.6 Å². The van der Waals surface area contributed by atoms with E-state index in [-0.39, 0.29) is 5.91 Å². The Morgan fingerprint density at radius 2 is 2.23 bits per heavy atom. The smallest absolute Gasteiger partial charge is 0.237 e. The van der Waals surface area contributed by atoms with Crippen LogP contribution in [0.2, 0.25) is 0 Å². The molecule has 0 aliphatic heterocycles. The van der Waals surface area contributed by atoms with Crippen molar-refractivity contribution in [2.45, 2.75) is 50.9 Å². The standard InChI is InChI=1S/C10H18ClNO/c1-7-4-3-5-9(6-7)12-10(13)8(2)11/h7-9H,3-6H2,1-2H3,(H,12,13). The van der Waals surface area contributed by atoms with Crippen molar-refractivity contribution >= 4 is 17.5 Å². The van der Waals surface area contributed by atoms with Gasteiger partial charge in [-0.1, -0.05) is 19.8 Å². The molecule has 1 aliphatic carbocycles. The van der Waals surface area contributed by atoms with Crippen LogP contribution in [0, 0.1) is 5.92 Å². The van der Waals surface area contributed by atoms with E-state index in [0.717, 1.165) is 18.8 Å². The fourth-order valence-electron chi connectivity index (χ4n) is 1.88. The molecule has 1 saturated carbocycles. The Kier molecular flexibility index (Phi) is 4.04. The number of carbonyl (C=O) groups excluding carboxylic acids is 1. The Morgan fingerprint density at radius 1 is 1.54 bits per heavy atom. The van der Waals surface area contributed by atoms with E-state index >= 15 is 0 Å². The van der Waals surface area contributed by atoms with Crippen molar-refractivity contribution in [3.8, 4) is 0 Å². The van der Waals surface area contributed by atoms with E-state index in [0.29, 0.717) is 6.04 Å². The van der Waals surface area contributed by atoms with Crippen LogP contribution < -0.4 is 5.32 Å². The third-order valence-electron chi connectivity index (χ3n) is 2.64. The van der Waals surface area contributed by atoms with E-state index in [1.807, 2.05) is 0 Å². The molecule has 3 unspecified atom stereocenters. The van der Waals surface area contributed by atoms with Crippen LogP contribution in [0.4, 0.5) is 0 Å². The van der Waals surface area contributed by atoms with Crippen LogP contribution in [-0.2, 0) is 4.79 Å². The summed E-state index contributed by atoms with van der Waals surface area (Å²) in [5.74, 6) is 0.713. The fraction of sp³-hybridized carbons (Fsp3) is 0.900. The maximum Gasteiger partial charge on any atom is 0.237 e. The van der Waals surface area contributed by atoms with Gasteiger partial charge in [0, 0.05) is 6.04 Å². The van der Waals surface area contributed by atoms with Gasteiger partial charge in [0.05, 0.1) is 0 Å². The van der Waals surface area contributed by atoms with Gasteiger partial charge >= 0.3 is 0 Å². The van der Waals surface area contributed by atoms with Crippen LogP contribution in [0.3, 0.4) is 0 Å². The highest BCUT2D eigenvalue weighted by atomic mass is 35.5. The van der Waals surface area contributed by atoms with E-state index in [2.05, 4.69) is 12.2 Å². The molecule has 0 spiro atoms. The number of halogens is 1. The molecule has 0 aromatic carbocycles. The van der Waals surface area contributed by atoms with E-state index in [1.165, 1.54) is 12.8 Å². The predicted octanol–water partition coefficient (Wildman–Crippen LogP) is 2.31. The molecule has 0 radical (unpaired) electrons. The van der Waals surface area contributed by atoms with Crippen LogP contribution in [-0.4, -0.2) is 17.3 Å². The number of amides is 1. The van der Waals surface area contributed by atoms with Gasteiger partial charge in [-0.3, -0.25) is 4.79 Å². The second-order valence-electron chi connectivity index (χ2n) is 4.09. The topological polar surface area (TPSA) is 29.1 Å².